The zero-order valence-electron chi connectivity index (χ0n) is 9.18. The van der Waals surface area contributed by atoms with E-state index in [0.29, 0.717) is 12.1 Å². The molecule has 13 heavy (non-hydrogen) atoms. The minimum absolute atomic E-state index is 0.591. The molecule has 0 aromatic heterocycles. The van der Waals surface area contributed by atoms with E-state index in [-0.39, 0.29) is 0 Å². The zero-order chi connectivity index (χ0) is 9.68. The van der Waals surface area contributed by atoms with Gasteiger partial charge in [0.1, 0.15) is 0 Å². The van der Waals surface area contributed by atoms with Crippen LogP contribution in [0.25, 0.3) is 0 Å². The Labute approximate surface area is 82.0 Å². The lowest BCUT2D eigenvalue weighted by atomic mass is 10.1. The Morgan fingerprint density at radius 3 is 2.54 bits per heavy atom. The van der Waals surface area contributed by atoms with Crippen LogP contribution in [0.5, 0.6) is 0 Å². The third kappa shape index (κ3) is 5.27. The van der Waals surface area contributed by atoms with Crippen molar-refractivity contribution in [3.63, 3.8) is 0 Å². The molecule has 0 amide bonds. The van der Waals surface area contributed by atoms with Gasteiger partial charge in [-0.3, -0.25) is 0 Å². The molecule has 0 aromatic carbocycles. The van der Waals surface area contributed by atoms with E-state index in [9.17, 15) is 0 Å². The molecule has 2 nitrogen and oxygen atoms in total. The molecule has 1 rings (SSSR count). The molecule has 0 bridgehead atoms. The van der Waals surface area contributed by atoms with Crippen LogP contribution in [0.2, 0.25) is 0 Å². The maximum Gasteiger partial charge on any atom is 0.0476 e. The second-order valence-electron chi connectivity index (χ2n) is 4.43. The van der Waals surface area contributed by atoms with Gasteiger partial charge in [-0.1, -0.05) is 12.8 Å². The van der Waals surface area contributed by atoms with Gasteiger partial charge in [0, 0.05) is 25.8 Å². The fraction of sp³-hybridized carbons (Fsp3) is 1.00. The molecule has 2 heteroatoms. The minimum atomic E-state index is 0.591. The van der Waals surface area contributed by atoms with Crippen LogP contribution in [0.1, 0.15) is 39.5 Å². The van der Waals surface area contributed by atoms with Crippen molar-refractivity contribution in [1.29, 1.82) is 0 Å². The summed E-state index contributed by atoms with van der Waals surface area (Å²) in [6.45, 7) is 5.40. The van der Waals surface area contributed by atoms with Crippen molar-refractivity contribution >= 4 is 0 Å². The molecular formula is C11H23NO. The van der Waals surface area contributed by atoms with E-state index in [1.165, 1.54) is 19.3 Å². The van der Waals surface area contributed by atoms with Crippen molar-refractivity contribution in [2.75, 3.05) is 13.7 Å². The Balaban J connectivity index is 1.99. The van der Waals surface area contributed by atoms with Crippen LogP contribution in [0.3, 0.4) is 0 Å². The standard InChI is InChI=1S/C11H23NO/c1-9(6-7-13-3)12-10(2)8-11-4-5-11/h9-12H,4-8H2,1-3H3. The highest BCUT2D eigenvalue weighted by Crippen LogP contribution is 2.33. The number of rotatable bonds is 7. The molecular weight excluding hydrogens is 162 g/mol. The van der Waals surface area contributed by atoms with Crippen molar-refractivity contribution in [2.45, 2.75) is 51.6 Å². The molecule has 1 aliphatic rings. The van der Waals surface area contributed by atoms with Crippen LogP contribution in [0.15, 0.2) is 0 Å². The van der Waals surface area contributed by atoms with Gasteiger partial charge in [-0.15, -0.1) is 0 Å². The van der Waals surface area contributed by atoms with Gasteiger partial charge in [0.15, 0.2) is 0 Å². The van der Waals surface area contributed by atoms with Crippen molar-refractivity contribution in [2.24, 2.45) is 5.92 Å². The van der Waals surface area contributed by atoms with Gasteiger partial charge in [-0.05, 0) is 32.6 Å². The Hall–Kier alpha value is -0.0800. The molecule has 2 unspecified atom stereocenters. The Morgan fingerprint density at radius 1 is 1.31 bits per heavy atom. The van der Waals surface area contributed by atoms with Gasteiger partial charge in [0.2, 0.25) is 0 Å². The number of nitrogens with one attached hydrogen (secondary N) is 1. The molecule has 1 aliphatic carbocycles. The largest absolute Gasteiger partial charge is 0.385 e. The number of ether oxygens (including phenoxy) is 1. The fourth-order valence-corrected chi connectivity index (χ4v) is 1.79. The molecule has 1 saturated carbocycles. The van der Waals surface area contributed by atoms with Crippen LogP contribution < -0.4 is 5.32 Å². The van der Waals surface area contributed by atoms with E-state index in [2.05, 4.69) is 19.2 Å². The van der Waals surface area contributed by atoms with Gasteiger partial charge in [0.05, 0.1) is 0 Å². The van der Waals surface area contributed by atoms with Gasteiger partial charge in [-0.25, -0.2) is 0 Å². The first kappa shape index (κ1) is 11.0. The summed E-state index contributed by atoms with van der Waals surface area (Å²) in [4.78, 5) is 0. The smallest absolute Gasteiger partial charge is 0.0476 e. The van der Waals surface area contributed by atoms with E-state index < -0.39 is 0 Å². The normalized spacial score (nSPS) is 21.5. The summed E-state index contributed by atoms with van der Waals surface area (Å²) < 4.78 is 5.05. The third-order valence-electron chi connectivity index (χ3n) is 2.71. The lowest BCUT2D eigenvalue weighted by molar-refractivity contribution is 0.182. The number of hydrogen-bond donors (Lipinski definition) is 1. The summed E-state index contributed by atoms with van der Waals surface area (Å²) >= 11 is 0. The Kier molecular flexibility index (Phi) is 4.74. The fourth-order valence-electron chi connectivity index (χ4n) is 1.79. The van der Waals surface area contributed by atoms with Crippen molar-refractivity contribution in [3.05, 3.63) is 0 Å². The van der Waals surface area contributed by atoms with Crippen molar-refractivity contribution in [3.8, 4) is 0 Å². The van der Waals surface area contributed by atoms with Gasteiger partial charge in [0.25, 0.3) is 0 Å². The Morgan fingerprint density at radius 2 is 2.00 bits per heavy atom. The summed E-state index contributed by atoms with van der Waals surface area (Å²) in [5, 5.41) is 3.61. The van der Waals surface area contributed by atoms with E-state index >= 15 is 0 Å². The maximum atomic E-state index is 5.05. The SMILES string of the molecule is COCCC(C)NC(C)CC1CC1. The summed E-state index contributed by atoms with van der Waals surface area (Å²) in [7, 11) is 1.76. The first-order valence-electron chi connectivity index (χ1n) is 5.47. The molecule has 1 fully saturated rings. The van der Waals surface area contributed by atoms with Crippen LogP contribution in [0.4, 0.5) is 0 Å². The van der Waals surface area contributed by atoms with E-state index in [1.54, 1.807) is 7.11 Å². The Bertz CT molecular complexity index is 134. The van der Waals surface area contributed by atoms with Crippen molar-refractivity contribution in [1.82, 2.24) is 5.32 Å². The lowest BCUT2D eigenvalue weighted by Gasteiger charge is -2.19. The minimum Gasteiger partial charge on any atom is -0.385 e. The predicted octanol–water partition coefficient (Wildman–Crippen LogP) is 2.19. The quantitative estimate of drug-likeness (QED) is 0.656. The van der Waals surface area contributed by atoms with Crippen LogP contribution in [-0.2, 0) is 4.74 Å². The molecule has 0 radical (unpaired) electrons. The van der Waals surface area contributed by atoms with Gasteiger partial charge in [-0.2, -0.15) is 0 Å². The number of hydrogen-bond acceptors (Lipinski definition) is 2. The van der Waals surface area contributed by atoms with E-state index in [4.69, 9.17) is 4.74 Å². The molecule has 1 N–H and O–H groups in total. The van der Waals surface area contributed by atoms with Crippen LogP contribution in [-0.4, -0.2) is 25.8 Å². The zero-order valence-corrected chi connectivity index (χ0v) is 9.18. The first-order chi connectivity index (χ1) is 6.22. The highest BCUT2D eigenvalue weighted by molar-refractivity contribution is 4.79. The number of methoxy groups -OCH3 is 1. The topological polar surface area (TPSA) is 21.3 Å². The average molecular weight is 185 g/mol. The summed E-state index contributed by atoms with van der Waals surface area (Å²) in [6.07, 6.45) is 5.39. The first-order valence-corrected chi connectivity index (χ1v) is 5.47. The van der Waals surface area contributed by atoms with E-state index in [0.717, 1.165) is 18.9 Å². The monoisotopic (exact) mass is 185 g/mol. The van der Waals surface area contributed by atoms with Gasteiger partial charge < -0.3 is 10.1 Å². The second kappa shape index (κ2) is 5.61. The van der Waals surface area contributed by atoms with Crippen LogP contribution >= 0.6 is 0 Å². The summed E-state index contributed by atoms with van der Waals surface area (Å²) in [6, 6.07) is 1.27. The second-order valence-corrected chi connectivity index (χ2v) is 4.43. The molecule has 78 valence electrons. The summed E-state index contributed by atoms with van der Waals surface area (Å²) in [5.41, 5.74) is 0. The highest BCUT2D eigenvalue weighted by Gasteiger charge is 2.23. The lowest BCUT2D eigenvalue weighted by Crippen LogP contribution is -2.35. The highest BCUT2D eigenvalue weighted by atomic mass is 16.5. The molecule has 0 aromatic rings. The molecule has 0 spiro atoms. The average Bonchev–Trinajstić information content (AvgIpc) is 2.84. The molecule has 0 saturated heterocycles. The summed E-state index contributed by atoms with van der Waals surface area (Å²) in [5.74, 6) is 1.03. The molecule has 2 atom stereocenters. The third-order valence-corrected chi connectivity index (χ3v) is 2.71. The molecule has 0 aliphatic heterocycles. The predicted molar refractivity (Wildman–Crippen MR) is 55.9 cm³/mol. The van der Waals surface area contributed by atoms with Crippen molar-refractivity contribution < 1.29 is 4.74 Å². The molecule has 0 heterocycles. The van der Waals surface area contributed by atoms with E-state index in [1.807, 2.05) is 0 Å². The van der Waals surface area contributed by atoms with Gasteiger partial charge >= 0.3 is 0 Å². The maximum absolute atomic E-state index is 5.05. The van der Waals surface area contributed by atoms with Crippen LogP contribution in [0, 0.1) is 5.92 Å².